The van der Waals surface area contributed by atoms with E-state index in [9.17, 15) is 14.4 Å². The minimum atomic E-state index is -1.45. The minimum absolute atomic E-state index is 0.200. The van der Waals surface area contributed by atoms with Crippen molar-refractivity contribution in [3.05, 3.63) is 120 Å². The van der Waals surface area contributed by atoms with Crippen molar-refractivity contribution >= 4 is 60.7 Å². The fourth-order valence-corrected chi connectivity index (χ4v) is 6.47. The van der Waals surface area contributed by atoms with Crippen molar-refractivity contribution in [1.29, 1.82) is 0 Å². The predicted octanol–water partition coefficient (Wildman–Crippen LogP) is 7.32. The standard InChI is InChI=1S/C36H36N4O5SSi/c1-39(25-44-36(43)26-12-6-5-7-13-26)35(42)30-15-8-9-16-33(30)46-28-18-19-29-31(20-17-27-14-10-11-22-37-27)38-40(32(29)24-28)45-34(41)21-23-47(2,3)4/h5-20,22,24H,21,23,25H2,1-4H3/b20-17+. The van der Waals surface area contributed by atoms with Gasteiger partial charge in [-0.3, -0.25) is 9.78 Å². The summed E-state index contributed by atoms with van der Waals surface area (Å²) in [4.78, 5) is 53.0. The Labute approximate surface area is 279 Å². The zero-order valence-electron chi connectivity index (χ0n) is 26.8. The molecular weight excluding hydrogens is 629 g/mol. The third-order valence-electron chi connectivity index (χ3n) is 7.11. The van der Waals surface area contributed by atoms with Crippen LogP contribution in [0.4, 0.5) is 0 Å². The summed E-state index contributed by atoms with van der Waals surface area (Å²) < 4.78 is 5.37. The Kier molecular flexibility index (Phi) is 10.7. The van der Waals surface area contributed by atoms with E-state index in [1.165, 1.54) is 21.5 Å². The van der Waals surface area contributed by atoms with E-state index in [4.69, 9.17) is 9.57 Å². The lowest BCUT2D eigenvalue weighted by atomic mass is 10.2. The number of hydrogen-bond acceptors (Lipinski definition) is 8. The molecule has 3 aromatic carbocycles. The van der Waals surface area contributed by atoms with Crippen molar-refractivity contribution in [2.24, 2.45) is 0 Å². The van der Waals surface area contributed by atoms with E-state index in [-0.39, 0.29) is 18.6 Å². The van der Waals surface area contributed by atoms with Gasteiger partial charge in [0.15, 0.2) is 6.73 Å². The number of fused-ring (bicyclic) bond motifs is 1. The number of nitrogens with zero attached hydrogens (tertiary/aromatic N) is 4. The largest absolute Gasteiger partial charge is 0.441 e. The number of amides is 1. The first-order chi connectivity index (χ1) is 22.6. The van der Waals surface area contributed by atoms with Crippen molar-refractivity contribution < 1.29 is 24.0 Å². The molecule has 0 aliphatic carbocycles. The van der Waals surface area contributed by atoms with Crippen molar-refractivity contribution in [2.45, 2.75) is 41.9 Å². The maximum Gasteiger partial charge on any atom is 0.339 e. The zero-order valence-corrected chi connectivity index (χ0v) is 28.6. The number of esters is 1. The molecule has 0 spiro atoms. The summed E-state index contributed by atoms with van der Waals surface area (Å²) in [7, 11) is 0.141. The molecule has 0 atom stereocenters. The van der Waals surface area contributed by atoms with Gasteiger partial charge in [0.05, 0.1) is 22.5 Å². The van der Waals surface area contributed by atoms with Crippen LogP contribution < -0.4 is 4.84 Å². The summed E-state index contributed by atoms with van der Waals surface area (Å²) in [6.07, 6.45) is 5.74. The molecular formula is C36H36N4O5SSi. The maximum absolute atomic E-state index is 13.5. The number of pyridine rings is 1. The molecule has 47 heavy (non-hydrogen) atoms. The molecule has 0 saturated heterocycles. The summed E-state index contributed by atoms with van der Waals surface area (Å²) in [6, 6.07) is 28.1. The van der Waals surface area contributed by atoms with Crippen LogP contribution in [0.25, 0.3) is 23.1 Å². The van der Waals surface area contributed by atoms with Gasteiger partial charge in [0.25, 0.3) is 5.91 Å². The Morgan fingerprint density at radius 2 is 1.66 bits per heavy atom. The van der Waals surface area contributed by atoms with Gasteiger partial charge in [0.1, 0.15) is 5.52 Å². The molecule has 0 aliphatic heterocycles. The second-order valence-corrected chi connectivity index (χ2v) is 18.8. The fourth-order valence-electron chi connectivity index (χ4n) is 4.54. The van der Waals surface area contributed by atoms with E-state index in [2.05, 4.69) is 29.7 Å². The molecule has 2 aromatic heterocycles. The van der Waals surface area contributed by atoms with E-state index in [0.717, 1.165) is 22.0 Å². The lowest BCUT2D eigenvalue weighted by Gasteiger charge is -2.19. The molecule has 0 radical (unpaired) electrons. The van der Waals surface area contributed by atoms with Crippen LogP contribution >= 0.6 is 11.8 Å². The van der Waals surface area contributed by atoms with Gasteiger partial charge in [-0.1, -0.05) is 72.6 Å². The SMILES string of the molecule is CN(COC(=O)c1ccccc1)C(=O)c1ccccc1Sc1ccc2c(/C=C/c3ccccn3)nn(OC(=O)CC[Si](C)(C)C)c2c1. The Morgan fingerprint density at radius 3 is 2.40 bits per heavy atom. The molecule has 0 fully saturated rings. The average Bonchev–Trinajstić information content (AvgIpc) is 3.41. The molecule has 5 rings (SSSR count). The fraction of sp³-hybridized carbons (Fsp3) is 0.194. The van der Waals surface area contributed by atoms with Crippen molar-refractivity contribution in [3.8, 4) is 0 Å². The number of rotatable bonds is 12. The van der Waals surface area contributed by atoms with Crippen LogP contribution in [0.5, 0.6) is 0 Å². The molecule has 0 N–H and O–H groups in total. The van der Waals surface area contributed by atoms with Crippen LogP contribution in [0, 0.1) is 0 Å². The summed E-state index contributed by atoms with van der Waals surface area (Å²) >= 11 is 1.40. The smallest absolute Gasteiger partial charge is 0.339 e. The average molecular weight is 665 g/mol. The number of benzene rings is 3. The third-order valence-corrected chi connectivity index (χ3v) is 9.92. The van der Waals surface area contributed by atoms with Crippen LogP contribution in [0.2, 0.25) is 25.7 Å². The lowest BCUT2D eigenvalue weighted by molar-refractivity contribution is -0.144. The maximum atomic E-state index is 13.5. The van der Waals surface area contributed by atoms with Crippen LogP contribution in [-0.4, -0.2) is 59.5 Å². The topological polar surface area (TPSA) is 104 Å². The number of hydrogen-bond donors (Lipinski definition) is 0. The van der Waals surface area contributed by atoms with Crippen molar-refractivity contribution in [3.63, 3.8) is 0 Å². The van der Waals surface area contributed by atoms with Crippen molar-refractivity contribution in [2.75, 3.05) is 13.8 Å². The molecule has 5 aromatic rings. The van der Waals surface area contributed by atoms with Gasteiger partial charge in [0, 0.05) is 42.9 Å². The number of carbonyl (C=O) groups excluding carboxylic acids is 3. The van der Waals surface area contributed by atoms with Crippen LogP contribution in [-0.2, 0) is 9.53 Å². The van der Waals surface area contributed by atoms with Crippen LogP contribution in [0.3, 0.4) is 0 Å². The summed E-state index contributed by atoms with van der Waals surface area (Å²) in [5.74, 6) is -1.14. The first-order valence-electron chi connectivity index (χ1n) is 15.1. The van der Waals surface area contributed by atoms with Gasteiger partial charge in [-0.15, -0.1) is 5.10 Å². The third kappa shape index (κ3) is 9.05. The molecule has 0 unspecified atom stereocenters. The monoisotopic (exact) mass is 664 g/mol. The molecule has 0 aliphatic rings. The molecule has 1 amide bonds. The highest BCUT2D eigenvalue weighted by Gasteiger charge is 2.21. The van der Waals surface area contributed by atoms with Crippen LogP contribution in [0.15, 0.2) is 107 Å². The first kappa shape index (κ1) is 33.4. The minimum Gasteiger partial charge on any atom is -0.441 e. The van der Waals surface area contributed by atoms with Gasteiger partial charge in [-0.25, -0.2) is 9.59 Å². The van der Waals surface area contributed by atoms with Gasteiger partial charge < -0.3 is 14.5 Å². The van der Waals surface area contributed by atoms with Crippen molar-refractivity contribution in [1.82, 2.24) is 19.8 Å². The Bertz CT molecular complexity index is 1910. The molecule has 9 nitrogen and oxygen atoms in total. The van der Waals surface area contributed by atoms with Gasteiger partial charge in [-0.2, -0.15) is 0 Å². The highest BCUT2D eigenvalue weighted by Crippen LogP contribution is 2.34. The van der Waals surface area contributed by atoms with Gasteiger partial charge >= 0.3 is 11.9 Å². The highest BCUT2D eigenvalue weighted by atomic mass is 32.2. The van der Waals surface area contributed by atoms with E-state index >= 15 is 0 Å². The van der Waals surface area contributed by atoms with E-state index in [0.29, 0.717) is 33.7 Å². The predicted molar refractivity (Wildman–Crippen MR) is 187 cm³/mol. The number of carbonyl (C=O) groups is 3. The number of aromatic nitrogens is 3. The van der Waals surface area contributed by atoms with E-state index < -0.39 is 14.0 Å². The second kappa shape index (κ2) is 15.1. The quantitative estimate of drug-likeness (QED) is 0.0777. The van der Waals surface area contributed by atoms with Gasteiger partial charge in [0.2, 0.25) is 0 Å². The molecule has 0 saturated carbocycles. The Morgan fingerprint density at radius 1 is 0.915 bits per heavy atom. The summed E-state index contributed by atoms with van der Waals surface area (Å²) in [5.41, 5.74) is 2.89. The van der Waals surface area contributed by atoms with Crippen LogP contribution in [0.1, 0.15) is 38.5 Å². The lowest BCUT2D eigenvalue weighted by Crippen LogP contribution is -2.30. The molecule has 0 bridgehead atoms. The number of ether oxygens (including phenoxy) is 1. The Balaban J connectivity index is 1.38. The normalized spacial score (nSPS) is 11.5. The van der Waals surface area contributed by atoms with Gasteiger partial charge in [-0.05, 0) is 72.8 Å². The first-order valence-corrected chi connectivity index (χ1v) is 19.7. The zero-order chi connectivity index (χ0) is 33.4. The highest BCUT2D eigenvalue weighted by molar-refractivity contribution is 7.99. The summed E-state index contributed by atoms with van der Waals surface area (Å²) in [6.45, 7) is 6.44. The molecule has 2 heterocycles. The van der Waals surface area contributed by atoms with E-state index in [1.54, 1.807) is 49.6 Å². The Hall–Kier alpha value is -5.00. The van der Waals surface area contributed by atoms with E-state index in [1.807, 2.05) is 66.7 Å². The second-order valence-electron chi connectivity index (χ2n) is 12.1. The molecule has 240 valence electrons. The summed E-state index contributed by atoms with van der Waals surface area (Å²) in [5, 5.41) is 5.42. The molecule has 11 heteroatoms.